The maximum Gasteiger partial charge on any atom is 0.144 e. The first kappa shape index (κ1) is 11.9. The van der Waals surface area contributed by atoms with Crippen LogP contribution in [0.2, 0.25) is 0 Å². The molecule has 0 saturated carbocycles. The number of hydrogen-bond donors (Lipinski definition) is 2. The fourth-order valence-electron chi connectivity index (χ4n) is 2.05. The number of nitrogen functional groups attached to an aromatic ring is 1. The Bertz CT molecular complexity index is 559. The van der Waals surface area contributed by atoms with Gasteiger partial charge in [-0.25, -0.2) is 10.8 Å². The predicted octanol–water partition coefficient (Wildman–Crippen LogP) is 3.26. The molecular formula is C14H19N3. The second-order valence-electron chi connectivity index (χ2n) is 4.80. The van der Waals surface area contributed by atoms with E-state index in [0.29, 0.717) is 5.92 Å². The Hall–Kier alpha value is -1.61. The first-order valence-corrected chi connectivity index (χ1v) is 5.92. The van der Waals surface area contributed by atoms with E-state index in [2.05, 4.69) is 56.3 Å². The first-order valence-electron chi connectivity index (χ1n) is 5.92. The maximum absolute atomic E-state index is 5.56. The van der Waals surface area contributed by atoms with Gasteiger partial charge in [-0.1, -0.05) is 26.0 Å². The van der Waals surface area contributed by atoms with Gasteiger partial charge in [-0.2, -0.15) is 0 Å². The number of pyridine rings is 1. The first-order chi connectivity index (χ1) is 8.04. The van der Waals surface area contributed by atoms with Gasteiger partial charge in [0.1, 0.15) is 5.82 Å². The molecule has 0 bridgehead atoms. The molecule has 3 heteroatoms. The van der Waals surface area contributed by atoms with Crippen LogP contribution in [0.25, 0.3) is 10.9 Å². The van der Waals surface area contributed by atoms with Crippen molar-refractivity contribution < 1.29 is 0 Å². The van der Waals surface area contributed by atoms with E-state index in [-0.39, 0.29) is 0 Å². The van der Waals surface area contributed by atoms with Crippen molar-refractivity contribution in [2.75, 3.05) is 5.43 Å². The lowest BCUT2D eigenvalue weighted by atomic mass is 9.99. The third-order valence-electron chi connectivity index (χ3n) is 3.30. The molecule has 0 unspecified atom stereocenters. The molecular weight excluding hydrogens is 210 g/mol. The molecule has 0 fully saturated rings. The number of benzene rings is 1. The predicted molar refractivity (Wildman–Crippen MR) is 73.1 cm³/mol. The smallest absolute Gasteiger partial charge is 0.144 e. The minimum Gasteiger partial charge on any atom is -0.308 e. The van der Waals surface area contributed by atoms with E-state index in [1.54, 1.807) is 0 Å². The molecule has 0 aliphatic carbocycles. The third-order valence-corrected chi connectivity index (χ3v) is 3.30. The minimum atomic E-state index is 0.402. The highest BCUT2D eigenvalue weighted by Crippen LogP contribution is 2.28. The number of nitrogens with one attached hydrogen (secondary N) is 1. The molecule has 0 saturated heterocycles. The summed E-state index contributed by atoms with van der Waals surface area (Å²) in [5.74, 6) is 6.74. The molecule has 2 aromatic rings. The summed E-state index contributed by atoms with van der Waals surface area (Å²) in [6.45, 7) is 8.48. The van der Waals surface area contributed by atoms with Crippen molar-refractivity contribution in [2.24, 2.45) is 5.84 Å². The van der Waals surface area contributed by atoms with Gasteiger partial charge >= 0.3 is 0 Å². The van der Waals surface area contributed by atoms with E-state index in [1.165, 1.54) is 16.5 Å². The molecule has 0 aliphatic rings. The quantitative estimate of drug-likeness (QED) is 0.614. The van der Waals surface area contributed by atoms with Crippen LogP contribution in [0.5, 0.6) is 0 Å². The summed E-state index contributed by atoms with van der Waals surface area (Å²) >= 11 is 0. The summed E-state index contributed by atoms with van der Waals surface area (Å²) in [6, 6.07) is 6.43. The molecule has 0 atom stereocenters. The van der Waals surface area contributed by atoms with Crippen molar-refractivity contribution in [2.45, 2.75) is 33.6 Å². The van der Waals surface area contributed by atoms with Crippen LogP contribution in [-0.2, 0) is 0 Å². The fourth-order valence-corrected chi connectivity index (χ4v) is 2.05. The lowest BCUT2D eigenvalue weighted by Crippen LogP contribution is -2.12. The Morgan fingerprint density at radius 3 is 2.53 bits per heavy atom. The second-order valence-corrected chi connectivity index (χ2v) is 4.80. The number of rotatable bonds is 2. The summed E-state index contributed by atoms with van der Waals surface area (Å²) in [4.78, 5) is 4.64. The van der Waals surface area contributed by atoms with Gasteiger partial charge in [-0.3, -0.25) is 0 Å². The fraction of sp³-hybridized carbons (Fsp3) is 0.357. The molecule has 1 aromatic carbocycles. The molecule has 0 aliphatic heterocycles. The molecule has 0 amide bonds. The Balaban J connectivity index is 2.78. The number of fused-ring (bicyclic) bond motifs is 1. The van der Waals surface area contributed by atoms with Gasteiger partial charge in [0.25, 0.3) is 0 Å². The van der Waals surface area contributed by atoms with E-state index in [4.69, 9.17) is 5.84 Å². The SMILES string of the molecule is Cc1ccc2cc(C(C)C)c(NN)nc2c1C. The van der Waals surface area contributed by atoms with Gasteiger partial charge in [0.15, 0.2) is 0 Å². The maximum atomic E-state index is 5.56. The zero-order chi connectivity index (χ0) is 12.6. The summed E-state index contributed by atoms with van der Waals surface area (Å²) in [5, 5.41) is 1.18. The summed E-state index contributed by atoms with van der Waals surface area (Å²) in [6.07, 6.45) is 0. The van der Waals surface area contributed by atoms with Crippen LogP contribution < -0.4 is 11.3 Å². The van der Waals surface area contributed by atoms with Gasteiger partial charge in [-0.05, 0) is 42.5 Å². The van der Waals surface area contributed by atoms with Crippen LogP contribution in [0.15, 0.2) is 18.2 Å². The van der Waals surface area contributed by atoms with E-state index >= 15 is 0 Å². The van der Waals surface area contributed by atoms with Gasteiger partial charge in [0.2, 0.25) is 0 Å². The van der Waals surface area contributed by atoms with Crippen molar-refractivity contribution in [3.8, 4) is 0 Å². The highest BCUT2D eigenvalue weighted by atomic mass is 15.2. The molecule has 90 valence electrons. The third kappa shape index (κ3) is 1.98. The number of anilines is 1. The minimum absolute atomic E-state index is 0.402. The Labute approximate surface area is 102 Å². The topological polar surface area (TPSA) is 50.9 Å². The molecule has 1 aromatic heterocycles. The number of aryl methyl sites for hydroxylation is 2. The molecule has 0 radical (unpaired) electrons. The molecule has 1 heterocycles. The standard InChI is InChI=1S/C14H19N3/c1-8(2)12-7-11-6-5-9(3)10(4)13(11)16-14(12)17-15/h5-8H,15H2,1-4H3,(H,16,17). The van der Waals surface area contributed by atoms with Crippen molar-refractivity contribution in [1.29, 1.82) is 0 Å². The van der Waals surface area contributed by atoms with Crippen LogP contribution in [0.4, 0.5) is 5.82 Å². The van der Waals surface area contributed by atoms with Crippen LogP contribution in [0, 0.1) is 13.8 Å². The van der Waals surface area contributed by atoms with Gasteiger partial charge in [-0.15, -0.1) is 0 Å². The van der Waals surface area contributed by atoms with Crippen LogP contribution in [0.1, 0.15) is 36.5 Å². The van der Waals surface area contributed by atoms with Crippen molar-refractivity contribution in [1.82, 2.24) is 4.98 Å². The van der Waals surface area contributed by atoms with Gasteiger partial charge in [0, 0.05) is 5.39 Å². The highest BCUT2D eigenvalue weighted by molar-refractivity contribution is 5.85. The van der Waals surface area contributed by atoms with Crippen LogP contribution in [-0.4, -0.2) is 4.98 Å². The lowest BCUT2D eigenvalue weighted by molar-refractivity contribution is 0.862. The zero-order valence-electron chi connectivity index (χ0n) is 10.8. The van der Waals surface area contributed by atoms with E-state index < -0.39 is 0 Å². The Kier molecular flexibility index (Phi) is 3.03. The summed E-state index contributed by atoms with van der Waals surface area (Å²) < 4.78 is 0. The van der Waals surface area contributed by atoms with Crippen molar-refractivity contribution in [3.05, 3.63) is 34.9 Å². The average molecular weight is 229 g/mol. The molecule has 2 rings (SSSR count). The number of hydrogen-bond acceptors (Lipinski definition) is 3. The number of nitrogens with two attached hydrogens (primary N) is 1. The van der Waals surface area contributed by atoms with Crippen LogP contribution >= 0.6 is 0 Å². The van der Waals surface area contributed by atoms with Crippen molar-refractivity contribution in [3.63, 3.8) is 0 Å². The second kappa shape index (κ2) is 4.34. The number of aromatic nitrogens is 1. The zero-order valence-corrected chi connectivity index (χ0v) is 10.8. The normalized spacial score (nSPS) is 11.2. The average Bonchev–Trinajstić information content (AvgIpc) is 2.32. The van der Waals surface area contributed by atoms with Crippen LogP contribution in [0.3, 0.4) is 0 Å². The van der Waals surface area contributed by atoms with Gasteiger partial charge < -0.3 is 5.43 Å². The van der Waals surface area contributed by atoms with Crippen molar-refractivity contribution >= 4 is 16.7 Å². The van der Waals surface area contributed by atoms with E-state index in [0.717, 1.165) is 16.9 Å². The van der Waals surface area contributed by atoms with Gasteiger partial charge in [0.05, 0.1) is 5.52 Å². The Morgan fingerprint density at radius 2 is 1.94 bits per heavy atom. The summed E-state index contributed by atoms with van der Waals surface area (Å²) in [7, 11) is 0. The monoisotopic (exact) mass is 229 g/mol. The molecule has 0 spiro atoms. The molecule has 3 nitrogen and oxygen atoms in total. The Morgan fingerprint density at radius 1 is 1.24 bits per heavy atom. The van der Waals surface area contributed by atoms with E-state index in [1.807, 2.05) is 0 Å². The molecule has 3 N–H and O–H groups in total. The molecule has 17 heavy (non-hydrogen) atoms. The highest BCUT2D eigenvalue weighted by Gasteiger charge is 2.11. The van der Waals surface area contributed by atoms with E-state index in [9.17, 15) is 0 Å². The largest absolute Gasteiger partial charge is 0.308 e. The lowest BCUT2D eigenvalue weighted by Gasteiger charge is -2.14. The number of hydrazine groups is 1. The summed E-state index contributed by atoms with van der Waals surface area (Å²) in [5.41, 5.74) is 7.36. The number of nitrogens with zero attached hydrogens (tertiary/aromatic N) is 1.